The highest BCUT2D eigenvalue weighted by Crippen LogP contribution is 2.18. The first-order valence-corrected chi connectivity index (χ1v) is 6.94. The van der Waals surface area contributed by atoms with Gasteiger partial charge in [0.1, 0.15) is 0 Å². The Morgan fingerprint density at radius 1 is 1.28 bits per heavy atom. The Bertz CT molecular complexity index is 288. The monoisotopic (exact) mass is 255 g/mol. The molecule has 2 fully saturated rings. The van der Waals surface area contributed by atoms with Crippen molar-refractivity contribution in [3.8, 4) is 0 Å². The second-order valence-electron chi connectivity index (χ2n) is 5.72. The molecule has 0 bridgehead atoms. The third-order valence-corrected chi connectivity index (χ3v) is 3.95. The Morgan fingerprint density at radius 3 is 2.44 bits per heavy atom. The molecule has 5 heteroatoms. The van der Waals surface area contributed by atoms with Gasteiger partial charge in [-0.3, -0.25) is 9.69 Å². The molecular formula is C13H25N3O2. The van der Waals surface area contributed by atoms with E-state index in [4.69, 9.17) is 0 Å². The largest absolute Gasteiger partial charge is 0.392 e. The summed E-state index contributed by atoms with van der Waals surface area (Å²) in [6.07, 6.45) is 0.721. The van der Waals surface area contributed by atoms with Crippen LogP contribution in [0.3, 0.4) is 0 Å². The van der Waals surface area contributed by atoms with Crippen molar-refractivity contribution >= 4 is 5.91 Å². The molecule has 2 rings (SSSR count). The van der Waals surface area contributed by atoms with Crippen molar-refractivity contribution in [2.45, 2.75) is 19.4 Å². The standard InChI is InChI=1S/C13H25N3O2/c1-11(17)9-15-5-7-16(8-6-15)13(18)12-3-4-14(2)10-12/h11-12,17H,3-10H2,1-2H3. The van der Waals surface area contributed by atoms with E-state index in [1.54, 1.807) is 0 Å². The van der Waals surface area contributed by atoms with Crippen molar-refractivity contribution in [3.63, 3.8) is 0 Å². The fraction of sp³-hybridized carbons (Fsp3) is 0.923. The van der Waals surface area contributed by atoms with Crippen LogP contribution in [0.1, 0.15) is 13.3 Å². The Kier molecular flexibility index (Phi) is 4.59. The zero-order valence-corrected chi connectivity index (χ0v) is 11.5. The van der Waals surface area contributed by atoms with Crippen LogP contribution in [0.25, 0.3) is 0 Å². The predicted octanol–water partition coefficient (Wildman–Crippen LogP) is -0.537. The number of rotatable bonds is 3. The van der Waals surface area contributed by atoms with Gasteiger partial charge in [0.2, 0.25) is 5.91 Å². The minimum Gasteiger partial charge on any atom is -0.392 e. The normalized spacial score (nSPS) is 28.6. The van der Waals surface area contributed by atoms with E-state index in [1.807, 2.05) is 11.8 Å². The van der Waals surface area contributed by atoms with Crippen molar-refractivity contribution in [1.82, 2.24) is 14.7 Å². The Labute approximate surface area is 109 Å². The summed E-state index contributed by atoms with van der Waals surface area (Å²) < 4.78 is 0. The van der Waals surface area contributed by atoms with Gasteiger partial charge in [-0.25, -0.2) is 0 Å². The maximum absolute atomic E-state index is 12.3. The molecular weight excluding hydrogens is 230 g/mol. The van der Waals surface area contributed by atoms with Gasteiger partial charge >= 0.3 is 0 Å². The first-order valence-electron chi connectivity index (χ1n) is 6.94. The Morgan fingerprint density at radius 2 is 1.94 bits per heavy atom. The van der Waals surface area contributed by atoms with E-state index >= 15 is 0 Å². The maximum Gasteiger partial charge on any atom is 0.227 e. The van der Waals surface area contributed by atoms with Crippen molar-refractivity contribution in [3.05, 3.63) is 0 Å². The van der Waals surface area contributed by atoms with E-state index in [2.05, 4.69) is 16.8 Å². The minimum atomic E-state index is -0.282. The molecule has 18 heavy (non-hydrogen) atoms. The molecule has 1 amide bonds. The number of aliphatic hydroxyl groups excluding tert-OH is 1. The summed E-state index contributed by atoms with van der Waals surface area (Å²) in [6, 6.07) is 0. The number of amides is 1. The average molecular weight is 255 g/mol. The summed E-state index contributed by atoms with van der Waals surface area (Å²) in [4.78, 5) is 18.8. The lowest BCUT2D eigenvalue weighted by atomic mass is 10.1. The summed E-state index contributed by atoms with van der Waals surface area (Å²) in [7, 11) is 2.08. The van der Waals surface area contributed by atoms with Crippen LogP contribution in [-0.4, -0.2) is 84.7 Å². The molecule has 1 N–H and O–H groups in total. The first-order chi connectivity index (χ1) is 8.56. The first kappa shape index (κ1) is 13.8. The summed E-state index contributed by atoms with van der Waals surface area (Å²) in [5.41, 5.74) is 0. The van der Waals surface area contributed by atoms with Gasteiger partial charge < -0.3 is 14.9 Å². The molecule has 0 spiro atoms. The lowest BCUT2D eigenvalue weighted by Gasteiger charge is -2.36. The summed E-state index contributed by atoms with van der Waals surface area (Å²) in [5, 5.41) is 9.35. The van der Waals surface area contributed by atoms with Crippen LogP contribution in [0.15, 0.2) is 0 Å². The number of carbonyl (C=O) groups excluding carboxylic acids is 1. The molecule has 104 valence electrons. The molecule has 2 saturated heterocycles. The lowest BCUT2D eigenvalue weighted by molar-refractivity contribution is -0.137. The number of hydrogen-bond acceptors (Lipinski definition) is 4. The van der Waals surface area contributed by atoms with E-state index in [-0.39, 0.29) is 12.0 Å². The molecule has 2 heterocycles. The van der Waals surface area contributed by atoms with E-state index in [0.717, 1.165) is 45.7 Å². The van der Waals surface area contributed by atoms with Crippen molar-refractivity contribution < 1.29 is 9.90 Å². The Hall–Kier alpha value is -0.650. The van der Waals surface area contributed by atoms with Gasteiger partial charge in [0, 0.05) is 39.3 Å². The highest BCUT2D eigenvalue weighted by atomic mass is 16.3. The van der Waals surface area contributed by atoms with E-state index in [9.17, 15) is 9.90 Å². The van der Waals surface area contributed by atoms with Crippen molar-refractivity contribution in [2.75, 3.05) is 52.9 Å². The lowest BCUT2D eigenvalue weighted by Crippen LogP contribution is -2.51. The van der Waals surface area contributed by atoms with Gasteiger partial charge in [-0.1, -0.05) is 0 Å². The highest BCUT2D eigenvalue weighted by molar-refractivity contribution is 5.79. The quantitative estimate of drug-likeness (QED) is 0.736. The molecule has 2 aliphatic heterocycles. The number of nitrogens with zero attached hydrogens (tertiary/aromatic N) is 3. The predicted molar refractivity (Wildman–Crippen MR) is 70.3 cm³/mol. The Balaban J connectivity index is 1.77. The maximum atomic E-state index is 12.3. The second kappa shape index (κ2) is 5.99. The second-order valence-corrected chi connectivity index (χ2v) is 5.72. The van der Waals surface area contributed by atoms with Crippen molar-refractivity contribution in [2.24, 2.45) is 5.92 Å². The van der Waals surface area contributed by atoms with Gasteiger partial charge in [0.05, 0.1) is 12.0 Å². The van der Waals surface area contributed by atoms with Crippen molar-refractivity contribution in [1.29, 1.82) is 0 Å². The van der Waals surface area contributed by atoms with Crippen LogP contribution in [0.5, 0.6) is 0 Å². The zero-order valence-electron chi connectivity index (χ0n) is 11.5. The molecule has 2 aliphatic rings. The third-order valence-electron chi connectivity index (χ3n) is 3.95. The smallest absolute Gasteiger partial charge is 0.227 e. The van der Waals surface area contributed by atoms with Crippen LogP contribution >= 0.6 is 0 Å². The van der Waals surface area contributed by atoms with Crippen LogP contribution in [-0.2, 0) is 4.79 Å². The van der Waals surface area contributed by atoms with Crippen LogP contribution in [0, 0.1) is 5.92 Å². The highest BCUT2D eigenvalue weighted by Gasteiger charge is 2.31. The number of β-amino-alcohol motifs (C(OH)–C–C–N with tert-alkyl or cyclic N) is 1. The van der Waals surface area contributed by atoms with Gasteiger partial charge in [0.15, 0.2) is 0 Å². The zero-order chi connectivity index (χ0) is 13.1. The van der Waals surface area contributed by atoms with E-state index in [0.29, 0.717) is 12.5 Å². The summed E-state index contributed by atoms with van der Waals surface area (Å²) in [6.45, 7) is 7.88. The third kappa shape index (κ3) is 3.43. The van der Waals surface area contributed by atoms with E-state index in [1.165, 1.54) is 0 Å². The number of aliphatic hydroxyl groups is 1. The molecule has 2 unspecified atom stereocenters. The summed E-state index contributed by atoms with van der Waals surface area (Å²) in [5.74, 6) is 0.536. The number of hydrogen-bond donors (Lipinski definition) is 1. The average Bonchev–Trinajstić information content (AvgIpc) is 2.75. The van der Waals surface area contributed by atoms with Crippen LogP contribution in [0.2, 0.25) is 0 Å². The molecule has 0 aromatic heterocycles. The molecule has 0 aromatic carbocycles. The van der Waals surface area contributed by atoms with Crippen LogP contribution in [0.4, 0.5) is 0 Å². The fourth-order valence-electron chi connectivity index (χ4n) is 2.92. The molecule has 2 atom stereocenters. The number of piperazine rings is 1. The molecule has 5 nitrogen and oxygen atoms in total. The molecule has 0 radical (unpaired) electrons. The van der Waals surface area contributed by atoms with Gasteiger partial charge in [-0.2, -0.15) is 0 Å². The van der Waals surface area contributed by atoms with E-state index < -0.39 is 0 Å². The fourth-order valence-corrected chi connectivity index (χ4v) is 2.92. The van der Waals surface area contributed by atoms with Gasteiger partial charge in [-0.05, 0) is 26.9 Å². The number of carbonyl (C=O) groups is 1. The van der Waals surface area contributed by atoms with Gasteiger partial charge in [-0.15, -0.1) is 0 Å². The molecule has 0 saturated carbocycles. The molecule has 0 aliphatic carbocycles. The molecule has 0 aromatic rings. The topological polar surface area (TPSA) is 47.0 Å². The van der Waals surface area contributed by atoms with Crippen LogP contribution < -0.4 is 0 Å². The summed E-state index contributed by atoms with van der Waals surface area (Å²) >= 11 is 0. The number of likely N-dealkylation sites (tertiary alicyclic amines) is 1. The van der Waals surface area contributed by atoms with Gasteiger partial charge in [0.25, 0.3) is 0 Å². The SMILES string of the molecule is CC(O)CN1CCN(C(=O)C2CCN(C)C2)CC1. The minimum absolute atomic E-state index is 0.207.